The maximum absolute atomic E-state index is 13.9. The van der Waals surface area contributed by atoms with Crippen LogP contribution in [0.5, 0.6) is 0 Å². The third-order valence-corrected chi connectivity index (χ3v) is 8.18. The fourth-order valence-electron chi connectivity index (χ4n) is 6.41. The average Bonchev–Trinajstić information content (AvgIpc) is 3.34. The van der Waals surface area contributed by atoms with Gasteiger partial charge in [-0.05, 0) is 39.0 Å². The lowest BCUT2D eigenvalue weighted by Crippen LogP contribution is -2.61. The van der Waals surface area contributed by atoms with Crippen molar-refractivity contribution in [2.24, 2.45) is 22.7 Å². The number of esters is 2. The van der Waals surface area contributed by atoms with Crippen LogP contribution in [-0.2, 0) is 28.7 Å². The van der Waals surface area contributed by atoms with Gasteiger partial charge in [0.15, 0.2) is 18.0 Å². The quantitative estimate of drug-likeness (QED) is 0.530. The van der Waals surface area contributed by atoms with Gasteiger partial charge in [0.1, 0.15) is 6.10 Å². The molecule has 0 heterocycles. The van der Waals surface area contributed by atoms with Gasteiger partial charge in [0.25, 0.3) is 0 Å². The summed E-state index contributed by atoms with van der Waals surface area (Å²) in [5.74, 6) is -2.61. The van der Waals surface area contributed by atoms with Gasteiger partial charge in [0.05, 0.1) is 5.41 Å². The van der Waals surface area contributed by atoms with Gasteiger partial charge >= 0.3 is 11.9 Å². The van der Waals surface area contributed by atoms with Crippen molar-refractivity contribution < 1.29 is 33.8 Å². The summed E-state index contributed by atoms with van der Waals surface area (Å²) in [6, 6.07) is 0. The highest BCUT2D eigenvalue weighted by atomic mass is 16.6. The van der Waals surface area contributed by atoms with Crippen molar-refractivity contribution in [2.45, 2.75) is 79.1 Å². The van der Waals surface area contributed by atoms with Crippen molar-refractivity contribution in [3.8, 4) is 0 Å². The van der Waals surface area contributed by atoms with E-state index in [1.807, 2.05) is 27.7 Å². The molecule has 4 aliphatic carbocycles. The Labute approximate surface area is 181 Å². The van der Waals surface area contributed by atoms with Crippen LogP contribution >= 0.6 is 0 Å². The number of hydrogen-bond acceptors (Lipinski definition) is 7. The summed E-state index contributed by atoms with van der Waals surface area (Å²) < 4.78 is 11.0. The molecule has 7 heteroatoms. The minimum absolute atomic E-state index is 0.103. The van der Waals surface area contributed by atoms with Crippen LogP contribution in [0.2, 0.25) is 0 Å². The van der Waals surface area contributed by atoms with Gasteiger partial charge in [0, 0.05) is 36.3 Å². The Morgan fingerprint density at radius 3 is 2.19 bits per heavy atom. The molecule has 7 atom stereocenters. The molecule has 0 aromatic heterocycles. The van der Waals surface area contributed by atoms with Crippen molar-refractivity contribution in [3.05, 3.63) is 22.3 Å². The van der Waals surface area contributed by atoms with Gasteiger partial charge < -0.3 is 14.6 Å². The third-order valence-electron chi connectivity index (χ3n) is 8.18. The lowest BCUT2D eigenvalue weighted by atomic mass is 9.51. The molecule has 0 aliphatic heterocycles. The lowest BCUT2D eigenvalue weighted by molar-refractivity contribution is -0.165. The van der Waals surface area contributed by atoms with Crippen LogP contribution < -0.4 is 0 Å². The van der Waals surface area contributed by atoms with Gasteiger partial charge in [-0.3, -0.25) is 19.2 Å². The van der Waals surface area contributed by atoms with E-state index in [1.165, 1.54) is 13.8 Å². The first-order valence-electron chi connectivity index (χ1n) is 10.9. The fourth-order valence-corrected chi connectivity index (χ4v) is 6.41. The molecule has 1 saturated carbocycles. The summed E-state index contributed by atoms with van der Waals surface area (Å²) in [5, 5.41) is 11.4. The Balaban J connectivity index is 1.98. The van der Waals surface area contributed by atoms with Crippen molar-refractivity contribution >= 4 is 23.5 Å². The number of carbonyl (C=O) groups excluding carboxylic acids is 4. The molecular weight excluding hydrogens is 400 g/mol. The Kier molecular flexibility index (Phi) is 4.85. The predicted octanol–water partition coefficient (Wildman–Crippen LogP) is 2.45. The Hall–Kier alpha value is -2.28. The van der Waals surface area contributed by atoms with Crippen LogP contribution in [0, 0.1) is 22.7 Å². The minimum Gasteiger partial charge on any atom is -0.455 e. The summed E-state index contributed by atoms with van der Waals surface area (Å²) in [6.07, 6.45) is -1.83. The number of ketones is 2. The van der Waals surface area contributed by atoms with Crippen LogP contribution in [-0.4, -0.2) is 46.9 Å². The van der Waals surface area contributed by atoms with Crippen LogP contribution in [0.3, 0.4) is 0 Å². The normalized spacial score (nSPS) is 41.7. The zero-order valence-electron chi connectivity index (χ0n) is 18.9. The molecule has 0 saturated heterocycles. The van der Waals surface area contributed by atoms with E-state index in [1.54, 1.807) is 0 Å². The van der Waals surface area contributed by atoms with Crippen LogP contribution in [0.4, 0.5) is 0 Å². The van der Waals surface area contributed by atoms with Crippen molar-refractivity contribution in [1.82, 2.24) is 0 Å². The lowest BCUT2D eigenvalue weighted by Gasteiger charge is -2.54. The highest BCUT2D eigenvalue weighted by Crippen LogP contribution is 2.65. The average molecular weight is 430 g/mol. The molecule has 31 heavy (non-hydrogen) atoms. The molecule has 0 bridgehead atoms. The van der Waals surface area contributed by atoms with Crippen LogP contribution in [0.15, 0.2) is 22.3 Å². The third kappa shape index (κ3) is 2.81. The minimum atomic E-state index is -1.22. The highest BCUT2D eigenvalue weighted by Gasteiger charge is 2.72. The van der Waals surface area contributed by atoms with Crippen molar-refractivity contribution in [1.29, 1.82) is 0 Å². The molecule has 0 unspecified atom stereocenters. The topological polar surface area (TPSA) is 107 Å². The molecule has 1 fully saturated rings. The van der Waals surface area contributed by atoms with E-state index in [2.05, 4.69) is 0 Å². The number of Topliss-reactive ketones (excluding diaryl/α,β-unsaturated/α-hetero) is 2. The Morgan fingerprint density at radius 1 is 1.10 bits per heavy atom. The van der Waals surface area contributed by atoms with Crippen molar-refractivity contribution in [3.63, 3.8) is 0 Å². The monoisotopic (exact) mass is 430 g/mol. The maximum atomic E-state index is 13.9. The second-order valence-electron chi connectivity index (χ2n) is 10.00. The van der Waals surface area contributed by atoms with Gasteiger partial charge in [-0.25, -0.2) is 0 Å². The Morgan fingerprint density at radius 2 is 1.68 bits per heavy atom. The Bertz CT molecular complexity index is 972. The SMILES string of the molecule is CC(=O)O[C@H]1C2=C(C(=O)[C@H](OC(C)=O)[C@@]3(C[C@@H]3C)C2=O)[C@@]2(C)CCC(C)=C(C)[C@@H]2[C@@H]1O. The first-order chi connectivity index (χ1) is 14.4. The second kappa shape index (κ2) is 6.86. The van der Waals surface area contributed by atoms with E-state index in [4.69, 9.17) is 9.47 Å². The molecule has 4 rings (SSSR count). The molecule has 4 aliphatic rings. The molecule has 0 aromatic carbocycles. The predicted molar refractivity (Wildman–Crippen MR) is 110 cm³/mol. The molecule has 0 aromatic rings. The fraction of sp³-hybridized carbons (Fsp3) is 0.667. The molecule has 0 amide bonds. The largest absolute Gasteiger partial charge is 0.455 e. The first-order valence-corrected chi connectivity index (χ1v) is 10.9. The molecule has 0 radical (unpaired) electrons. The zero-order chi connectivity index (χ0) is 23.0. The number of aliphatic hydroxyl groups is 1. The second-order valence-corrected chi connectivity index (χ2v) is 10.00. The summed E-state index contributed by atoms with van der Waals surface area (Å²) in [5.41, 5.74) is 0.464. The molecular formula is C24H30O7. The van der Waals surface area contributed by atoms with Gasteiger partial charge in [-0.1, -0.05) is 25.0 Å². The summed E-state index contributed by atoms with van der Waals surface area (Å²) in [6.45, 7) is 10.1. The molecule has 1 spiro atoms. The zero-order valence-corrected chi connectivity index (χ0v) is 18.9. The molecule has 168 valence electrons. The van der Waals surface area contributed by atoms with Crippen molar-refractivity contribution in [2.75, 3.05) is 0 Å². The summed E-state index contributed by atoms with van der Waals surface area (Å²) in [7, 11) is 0. The van der Waals surface area contributed by atoms with E-state index in [-0.39, 0.29) is 22.8 Å². The van der Waals surface area contributed by atoms with Gasteiger partial charge in [-0.15, -0.1) is 0 Å². The summed E-state index contributed by atoms with van der Waals surface area (Å²) >= 11 is 0. The standard InChI is InChI=1S/C24H30O7/c1-10-7-8-23(6)16(12(10)3)18(27)20(30-13(4)25)15-17(23)19(28)22(31-14(5)26)24(21(15)29)9-11(24)2/h11,16,18,20,22,27H,7-9H2,1-6H3/t11-,16+,18-,20-,22-,23-,24+/m0/s1. The van der Waals surface area contributed by atoms with Gasteiger partial charge in [-0.2, -0.15) is 0 Å². The van der Waals surface area contributed by atoms with Crippen LogP contribution in [0.25, 0.3) is 0 Å². The molecule has 1 N–H and O–H groups in total. The number of ether oxygens (including phenoxy) is 2. The van der Waals surface area contributed by atoms with E-state index in [9.17, 15) is 24.3 Å². The number of allylic oxidation sites excluding steroid dienone is 1. The number of fused-ring (bicyclic) bond motifs is 2. The van der Waals surface area contributed by atoms with E-state index < -0.39 is 52.8 Å². The van der Waals surface area contributed by atoms with E-state index in [0.717, 1.165) is 17.6 Å². The number of aliphatic hydroxyl groups excluding tert-OH is 1. The summed E-state index contributed by atoms with van der Waals surface area (Å²) in [4.78, 5) is 51.5. The van der Waals surface area contributed by atoms with Crippen LogP contribution in [0.1, 0.15) is 60.8 Å². The number of rotatable bonds is 2. The van der Waals surface area contributed by atoms with Gasteiger partial charge in [0.2, 0.25) is 5.78 Å². The first kappa shape index (κ1) is 21.9. The highest BCUT2D eigenvalue weighted by molar-refractivity contribution is 6.20. The van der Waals surface area contributed by atoms with E-state index >= 15 is 0 Å². The maximum Gasteiger partial charge on any atom is 0.303 e. The smallest absolute Gasteiger partial charge is 0.303 e. The van der Waals surface area contributed by atoms with E-state index in [0.29, 0.717) is 12.8 Å². The molecule has 7 nitrogen and oxygen atoms in total. The number of hydrogen-bond donors (Lipinski definition) is 1. The number of carbonyl (C=O) groups is 4.